The first-order valence-corrected chi connectivity index (χ1v) is 7.69. The van der Waals surface area contributed by atoms with Gasteiger partial charge < -0.3 is 9.64 Å². The minimum Gasteiger partial charge on any atom is -0.465 e. The van der Waals surface area contributed by atoms with E-state index in [9.17, 15) is 4.79 Å². The SMILES string of the molecule is CCCC(C(=O)OCC)N1CCN(c2ncccn2)CC1. The van der Waals surface area contributed by atoms with Gasteiger partial charge in [0.05, 0.1) is 6.61 Å². The predicted molar refractivity (Wildman–Crippen MR) is 81.1 cm³/mol. The molecule has 21 heavy (non-hydrogen) atoms. The van der Waals surface area contributed by atoms with Crippen LogP contribution in [0.1, 0.15) is 26.7 Å². The Hall–Kier alpha value is -1.69. The fourth-order valence-electron chi connectivity index (χ4n) is 2.65. The molecule has 2 rings (SSSR count). The van der Waals surface area contributed by atoms with Crippen molar-refractivity contribution in [2.45, 2.75) is 32.7 Å². The van der Waals surface area contributed by atoms with Crippen molar-refractivity contribution in [3.05, 3.63) is 18.5 Å². The molecule has 1 unspecified atom stereocenters. The van der Waals surface area contributed by atoms with Crippen LogP contribution < -0.4 is 4.90 Å². The number of piperazine rings is 1. The molecule has 0 aliphatic carbocycles. The van der Waals surface area contributed by atoms with Gasteiger partial charge in [0.15, 0.2) is 0 Å². The van der Waals surface area contributed by atoms with E-state index in [2.05, 4.69) is 26.7 Å². The molecule has 0 aromatic carbocycles. The quantitative estimate of drug-likeness (QED) is 0.737. The molecule has 6 heteroatoms. The van der Waals surface area contributed by atoms with Gasteiger partial charge in [0.25, 0.3) is 0 Å². The van der Waals surface area contributed by atoms with E-state index in [4.69, 9.17) is 4.74 Å². The summed E-state index contributed by atoms with van der Waals surface area (Å²) < 4.78 is 5.20. The highest BCUT2D eigenvalue weighted by molar-refractivity contribution is 5.75. The normalized spacial score (nSPS) is 17.5. The highest BCUT2D eigenvalue weighted by atomic mass is 16.5. The molecule has 0 spiro atoms. The lowest BCUT2D eigenvalue weighted by molar-refractivity contribution is -0.150. The molecule has 1 aliphatic rings. The maximum absolute atomic E-state index is 12.1. The molecule has 0 saturated carbocycles. The van der Waals surface area contributed by atoms with Crippen molar-refractivity contribution in [2.75, 3.05) is 37.7 Å². The standard InChI is InChI=1S/C15H24N4O2/c1-3-6-13(14(20)21-4-2)18-9-11-19(12-10-18)15-16-7-5-8-17-15/h5,7-8,13H,3-4,6,9-12H2,1-2H3. The summed E-state index contributed by atoms with van der Waals surface area (Å²) in [6.45, 7) is 7.74. The van der Waals surface area contributed by atoms with Crippen molar-refractivity contribution >= 4 is 11.9 Å². The van der Waals surface area contributed by atoms with Gasteiger partial charge in [0.1, 0.15) is 6.04 Å². The molecule has 0 radical (unpaired) electrons. The van der Waals surface area contributed by atoms with E-state index in [0.717, 1.165) is 45.0 Å². The third kappa shape index (κ3) is 4.14. The number of hydrogen-bond donors (Lipinski definition) is 0. The molecule has 1 saturated heterocycles. The van der Waals surface area contributed by atoms with E-state index >= 15 is 0 Å². The average Bonchev–Trinajstić information content (AvgIpc) is 2.54. The second-order valence-corrected chi connectivity index (χ2v) is 5.13. The molecule has 116 valence electrons. The Balaban J connectivity index is 1.93. The van der Waals surface area contributed by atoms with E-state index < -0.39 is 0 Å². The minimum absolute atomic E-state index is 0.0937. The van der Waals surface area contributed by atoms with Crippen LogP contribution in [0.25, 0.3) is 0 Å². The fourth-order valence-corrected chi connectivity index (χ4v) is 2.65. The number of rotatable bonds is 6. The number of hydrogen-bond acceptors (Lipinski definition) is 6. The monoisotopic (exact) mass is 292 g/mol. The van der Waals surface area contributed by atoms with E-state index in [1.54, 1.807) is 12.4 Å². The van der Waals surface area contributed by atoms with Crippen molar-refractivity contribution < 1.29 is 9.53 Å². The zero-order valence-electron chi connectivity index (χ0n) is 12.9. The van der Waals surface area contributed by atoms with Gasteiger partial charge in [-0.15, -0.1) is 0 Å². The summed E-state index contributed by atoms with van der Waals surface area (Å²) in [6, 6.07) is 1.70. The Bertz CT molecular complexity index is 433. The van der Waals surface area contributed by atoms with E-state index in [1.807, 2.05) is 13.0 Å². The van der Waals surface area contributed by atoms with Crippen molar-refractivity contribution in [1.82, 2.24) is 14.9 Å². The van der Waals surface area contributed by atoms with E-state index in [0.29, 0.717) is 6.61 Å². The Kier molecular flexibility index (Phi) is 5.92. The lowest BCUT2D eigenvalue weighted by Gasteiger charge is -2.38. The molecule has 6 nitrogen and oxygen atoms in total. The number of carbonyl (C=O) groups excluding carboxylic acids is 1. The maximum atomic E-state index is 12.1. The lowest BCUT2D eigenvalue weighted by atomic mass is 10.1. The van der Waals surface area contributed by atoms with Crippen LogP contribution in [0.4, 0.5) is 5.95 Å². The van der Waals surface area contributed by atoms with Crippen molar-refractivity contribution in [2.24, 2.45) is 0 Å². The Morgan fingerprint density at radius 1 is 1.24 bits per heavy atom. The number of aromatic nitrogens is 2. The Labute approximate surface area is 126 Å². The molecule has 0 N–H and O–H groups in total. The second-order valence-electron chi connectivity index (χ2n) is 5.13. The third-order valence-electron chi connectivity index (χ3n) is 3.71. The molecular formula is C15H24N4O2. The van der Waals surface area contributed by atoms with Crippen LogP contribution in [0.15, 0.2) is 18.5 Å². The van der Waals surface area contributed by atoms with E-state index in [1.165, 1.54) is 0 Å². The van der Waals surface area contributed by atoms with Crippen LogP contribution in [0, 0.1) is 0 Å². The van der Waals surface area contributed by atoms with Gasteiger partial charge >= 0.3 is 5.97 Å². The van der Waals surface area contributed by atoms with Crippen LogP contribution >= 0.6 is 0 Å². The van der Waals surface area contributed by atoms with Gasteiger partial charge in [0, 0.05) is 38.6 Å². The van der Waals surface area contributed by atoms with E-state index in [-0.39, 0.29) is 12.0 Å². The summed E-state index contributed by atoms with van der Waals surface area (Å²) in [6.07, 6.45) is 5.34. The third-order valence-corrected chi connectivity index (χ3v) is 3.71. The summed E-state index contributed by atoms with van der Waals surface area (Å²) in [7, 11) is 0. The van der Waals surface area contributed by atoms with Gasteiger partial charge in [0.2, 0.25) is 5.95 Å². The first-order chi connectivity index (χ1) is 10.3. The van der Waals surface area contributed by atoms with Crippen LogP contribution in [0.5, 0.6) is 0 Å². The highest BCUT2D eigenvalue weighted by Crippen LogP contribution is 2.15. The second kappa shape index (κ2) is 7.93. The smallest absolute Gasteiger partial charge is 0.323 e. The number of esters is 1. The van der Waals surface area contributed by atoms with Crippen molar-refractivity contribution in [1.29, 1.82) is 0 Å². The molecule has 0 amide bonds. The minimum atomic E-state index is -0.117. The molecule has 1 atom stereocenters. The summed E-state index contributed by atoms with van der Waals surface area (Å²) in [5.41, 5.74) is 0. The highest BCUT2D eigenvalue weighted by Gasteiger charge is 2.29. The first kappa shape index (κ1) is 15.7. The van der Waals surface area contributed by atoms with Gasteiger partial charge in [-0.25, -0.2) is 9.97 Å². The van der Waals surface area contributed by atoms with Gasteiger partial charge in [-0.2, -0.15) is 0 Å². The average molecular weight is 292 g/mol. The fraction of sp³-hybridized carbons (Fsp3) is 0.667. The number of anilines is 1. The summed E-state index contributed by atoms with van der Waals surface area (Å²) >= 11 is 0. The number of carbonyl (C=O) groups is 1. The van der Waals surface area contributed by atoms with Crippen molar-refractivity contribution in [3.63, 3.8) is 0 Å². The molecule has 1 aromatic heterocycles. The van der Waals surface area contributed by atoms with Crippen molar-refractivity contribution in [3.8, 4) is 0 Å². The van der Waals surface area contributed by atoms with Crippen LogP contribution in [0.2, 0.25) is 0 Å². The first-order valence-electron chi connectivity index (χ1n) is 7.69. The van der Waals surface area contributed by atoms with Crippen LogP contribution in [-0.2, 0) is 9.53 Å². The molecule has 1 fully saturated rings. The zero-order valence-corrected chi connectivity index (χ0v) is 12.9. The van der Waals surface area contributed by atoms with Gasteiger partial charge in [-0.3, -0.25) is 9.69 Å². The zero-order chi connectivity index (χ0) is 15.1. The van der Waals surface area contributed by atoms with Crippen LogP contribution in [0.3, 0.4) is 0 Å². The Morgan fingerprint density at radius 2 is 1.90 bits per heavy atom. The molecule has 1 aromatic rings. The topological polar surface area (TPSA) is 58.6 Å². The molecular weight excluding hydrogens is 268 g/mol. The molecule has 1 aliphatic heterocycles. The van der Waals surface area contributed by atoms with Gasteiger partial charge in [-0.1, -0.05) is 13.3 Å². The number of ether oxygens (including phenoxy) is 1. The summed E-state index contributed by atoms with van der Waals surface area (Å²) in [4.78, 5) is 25.0. The molecule has 0 bridgehead atoms. The Morgan fingerprint density at radius 3 is 2.48 bits per heavy atom. The summed E-state index contributed by atoms with van der Waals surface area (Å²) in [5.74, 6) is 0.670. The number of nitrogens with zero attached hydrogens (tertiary/aromatic N) is 4. The maximum Gasteiger partial charge on any atom is 0.323 e. The lowest BCUT2D eigenvalue weighted by Crippen LogP contribution is -2.53. The predicted octanol–water partition coefficient (Wildman–Crippen LogP) is 1.33. The largest absolute Gasteiger partial charge is 0.465 e. The van der Waals surface area contributed by atoms with Gasteiger partial charge in [-0.05, 0) is 19.4 Å². The molecule has 2 heterocycles. The van der Waals surface area contributed by atoms with Crippen LogP contribution in [-0.4, -0.2) is 59.7 Å². The summed E-state index contributed by atoms with van der Waals surface area (Å²) in [5, 5.41) is 0.